The topological polar surface area (TPSA) is 69.4 Å². The highest BCUT2D eigenvalue weighted by Crippen LogP contribution is 2.15. The van der Waals surface area contributed by atoms with Crippen molar-refractivity contribution < 1.29 is 14.5 Å². The fraction of sp³-hybridized carbons (Fsp3) is 0.0714. The van der Waals surface area contributed by atoms with Crippen LogP contribution in [-0.2, 0) is 11.3 Å². The van der Waals surface area contributed by atoms with Gasteiger partial charge in [-0.15, -0.1) is 0 Å². The van der Waals surface area contributed by atoms with Crippen molar-refractivity contribution in [2.75, 3.05) is 0 Å². The maximum absolute atomic E-state index is 11.9. The van der Waals surface area contributed by atoms with E-state index in [9.17, 15) is 14.9 Å². The molecular formula is C14H10INO4. The number of nitro groups is 1. The molecule has 0 atom stereocenters. The summed E-state index contributed by atoms with van der Waals surface area (Å²) < 4.78 is 6.00. The molecule has 0 aliphatic rings. The molecule has 2 rings (SSSR count). The predicted octanol–water partition coefficient (Wildman–Crippen LogP) is 3.56. The summed E-state index contributed by atoms with van der Waals surface area (Å²) >= 11 is 2.07. The SMILES string of the molecule is O=C(OCc1ccc([N+](=O)[O-])cc1)c1ccccc1I. The second-order valence-corrected chi connectivity index (χ2v) is 5.14. The number of carbonyl (C=O) groups excluding carboxylic acids is 1. The number of hydrogen-bond donors (Lipinski definition) is 0. The maximum Gasteiger partial charge on any atom is 0.339 e. The van der Waals surface area contributed by atoms with Crippen molar-refractivity contribution in [2.24, 2.45) is 0 Å². The van der Waals surface area contributed by atoms with Crippen LogP contribution in [-0.4, -0.2) is 10.9 Å². The Morgan fingerprint density at radius 3 is 2.40 bits per heavy atom. The normalized spacial score (nSPS) is 10.1. The Morgan fingerprint density at radius 2 is 1.80 bits per heavy atom. The van der Waals surface area contributed by atoms with Gasteiger partial charge < -0.3 is 4.74 Å². The lowest BCUT2D eigenvalue weighted by molar-refractivity contribution is -0.384. The highest BCUT2D eigenvalue weighted by atomic mass is 127. The largest absolute Gasteiger partial charge is 0.457 e. The van der Waals surface area contributed by atoms with Crippen LogP contribution in [0.4, 0.5) is 5.69 Å². The Bertz CT molecular complexity index is 640. The average Bonchev–Trinajstić information content (AvgIpc) is 2.45. The molecule has 0 saturated carbocycles. The van der Waals surface area contributed by atoms with E-state index >= 15 is 0 Å². The molecule has 0 aliphatic carbocycles. The predicted molar refractivity (Wildman–Crippen MR) is 81.4 cm³/mol. The Kier molecular flexibility index (Phi) is 4.67. The minimum atomic E-state index is -0.470. The van der Waals surface area contributed by atoms with E-state index in [-0.39, 0.29) is 12.3 Å². The van der Waals surface area contributed by atoms with E-state index in [1.807, 2.05) is 12.1 Å². The highest BCUT2D eigenvalue weighted by molar-refractivity contribution is 14.1. The van der Waals surface area contributed by atoms with E-state index in [2.05, 4.69) is 22.6 Å². The molecule has 0 saturated heterocycles. The van der Waals surface area contributed by atoms with Gasteiger partial charge in [-0.25, -0.2) is 4.79 Å². The molecule has 0 amide bonds. The molecule has 2 aromatic carbocycles. The molecule has 102 valence electrons. The van der Waals surface area contributed by atoms with Crippen LogP contribution in [0.5, 0.6) is 0 Å². The maximum atomic E-state index is 11.9. The number of nitro benzene ring substituents is 1. The number of benzene rings is 2. The smallest absolute Gasteiger partial charge is 0.339 e. The Morgan fingerprint density at radius 1 is 1.15 bits per heavy atom. The molecular weight excluding hydrogens is 373 g/mol. The molecule has 20 heavy (non-hydrogen) atoms. The molecule has 0 unspecified atom stereocenters. The fourth-order valence-electron chi connectivity index (χ4n) is 1.57. The van der Waals surface area contributed by atoms with Crippen LogP contribution in [0, 0.1) is 13.7 Å². The summed E-state index contributed by atoms with van der Waals surface area (Å²) in [4.78, 5) is 21.9. The molecule has 0 spiro atoms. The first-order chi connectivity index (χ1) is 9.58. The van der Waals surface area contributed by atoms with Gasteiger partial charge in [-0.05, 0) is 52.4 Å². The van der Waals surface area contributed by atoms with E-state index in [1.54, 1.807) is 24.3 Å². The van der Waals surface area contributed by atoms with Gasteiger partial charge in [-0.2, -0.15) is 0 Å². The molecule has 0 fully saturated rings. The zero-order valence-electron chi connectivity index (χ0n) is 10.3. The number of hydrogen-bond acceptors (Lipinski definition) is 4. The lowest BCUT2D eigenvalue weighted by atomic mass is 10.2. The minimum absolute atomic E-state index is 0.0117. The van der Waals surface area contributed by atoms with Crippen LogP contribution in [0.2, 0.25) is 0 Å². The van der Waals surface area contributed by atoms with Gasteiger partial charge in [0.25, 0.3) is 5.69 Å². The quantitative estimate of drug-likeness (QED) is 0.351. The number of non-ortho nitro benzene ring substituents is 1. The van der Waals surface area contributed by atoms with Gasteiger partial charge in [0.1, 0.15) is 6.61 Å². The second-order valence-electron chi connectivity index (χ2n) is 3.98. The molecule has 0 aromatic heterocycles. The van der Waals surface area contributed by atoms with Gasteiger partial charge in [0.15, 0.2) is 0 Å². The second kappa shape index (κ2) is 6.47. The molecule has 0 N–H and O–H groups in total. The Labute approximate surface area is 128 Å². The molecule has 0 bridgehead atoms. The molecule has 6 heteroatoms. The van der Waals surface area contributed by atoms with E-state index in [0.717, 1.165) is 3.57 Å². The zero-order chi connectivity index (χ0) is 14.5. The number of esters is 1. The Hall–Kier alpha value is -1.96. The molecule has 5 nitrogen and oxygen atoms in total. The van der Waals surface area contributed by atoms with Crippen molar-refractivity contribution in [3.05, 3.63) is 73.3 Å². The van der Waals surface area contributed by atoms with Crippen LogP contribution < -0.4 is 0 Å². The van der Waals surface area contributed by atoms with Crippen LogP contribution in [0.15, 0.2) is 48.5 Å². The van der Waals surface area contributed by atoms with E-state index in [0.29, 0.717) is 11.1 Å². The summed E-state index contributed by atoms with van der Waals surface area (Å²) in [5, 5.41) is 10.5. The van der Waals surface area contributed by atoms with Crippen molar-refractivity contribution in [3.63, 3.8) is 0 Å². The van der Waals surface area contributed by atoms with Crippen LogP contribution >= 0.6 is 22.6 Å². The number of nitrogens with zero attached hydrogens (tertiary/aromatic N) is 1. The first kappa shape index (κ1) is 14.4. The number of rotatable bonds is 4. The molecule has 0 radical (unpaired) electrons. The Balaban J connectivity index is 2.00. The number of carbonyl (C=O) groups is 1. The van der Waals surface area contributed by atoms with Crippen LogP contribution in [0.25, 0.3) is 0 Å². The van der Waals surface area contributed by atoms with Crippen molar-refractivity contribution in [2.45, 2.75) is 6.61 Å². The molecule has 2 aromatic rings. The third-order valence-corrected chi connectivity index (χ3v) is 3.55. The zero-order valence-corrected chi connectivity index (χ0v) is 12.4. The standard InChI is InChI=1S/C14H10INO4/c15-13-4-2-1-3-12(13)14(17)20-9-10-5-7-11(8-6-10)16(18)19/h1-8H,9H2. The van der Waals surface area contributed by atoms with Crippen molar-refractivity contribution in [1.29, 1.82) is 0 Å². The van der Waals surface area contributed by atoms with E-state index in [1.165, 1.54) is 12.1 Å². The lowest BCUT2D eigenvalue weighted by Gasteiger charge is -2.06. The van der Waals surface area contributed by atoms with Gasteiger partial charge in [0, 0.05) is 15.7 Å². The monoisotopic (exact) mass is 383 g/mol. The molecule has 0 aliphatic heterocycles. The highest BCUT2D eigenvalue weighted by Gasteiger charge is 2.11. The fourth-order valence-corrected chi connectivity index (χ4v) is 2.17. The van der Waals surface area contributed by atoms with Crippen molar-refractivity contribution in [1.82, 2.24) is 0 Å². The summed E-state index contributed by atoms with van der Waals surface area (Å²) in [5.41, 5.74) is 1.22. The van der Waals surface area contributed by atoms with Gasteiger partial charge in [0.05, 0.1) is 10.5 Å². The lowest BCUT2D eigenvalue weighted by Crippen LogP contribution is -2.07. The first-order valence-electron chi connectivity index (χ1n) is 5.73. The third kappa shape index (κ3) is 3.53. The number of ether oxygens (including phenoxy) is 1. The summed E-state index contributed by atoms with van der Waals surface area (Å²) in [6, 6.07) is 13.0. The third-order valence-electron chi connectivity index (χ3n) is 2.61. The average molecular weight is 383 g/mol. The summed E-state index contributed by atoms with van der Waals surface area (Å²) in [6.07, 6.45) is 0. The van der Waals surface area contributed by atoms with Gasteiger partial charge in [-0.1, -0.05) is 12.1 Å². The van der Waals surface area contributed by atoms with Crippen molar-refractivity contribution >= 4 is 34.2 Å². The van der Waals surface area contributed by atoms with Crippen LogP contribution in [0.1, 0.15) is 15.9 Å². The van der Waals surface area contributed by atoms with Gasteiger partial charge >= 0.3 is 5.97 Å². The van der Waals surface area contributed by atoms with Gasteiger partial charge in [0.2, 0.25) is 0 Å². The molecule has 0 heterocycles. The first-order valence-corrected chi connectivity index (χ1v) is 6.81. The summed E-state index contributed by atoms with van der Waals surface area (Å²) in [6.45, 7) is 0.0851. The van der Waals surface area contributed by atoms with Crippen LogP contribution in [0.3, 0.4) is 0 Å². The van der Waals surface area contributed by atoms with E-state index < -0.39 is 10.9 Å². The number of halogens is 1. The van der Waals surface area contributed by atoms with Gasteiger partial charge in [-0.3, -0.25) is 10.1 Å². The minimum Gasteiger partial charge on any atom is -0.457 e. The summed E-state index contributed by atoms with van der Waals surface area (Å²) in [7, 11) is 0. The summed E-state index contributed by atoms with van der Waals surface area (Å²) in [5.74, 6) is -0.409. The van der Waals surface area contributed by atoms with Crippen molar-refractivity contribution in [3.8, 4) is 0 Å². The van der Waals surface area contributed by atoms with E-state index in [4.69, 9.17) is 4.74 Å².